The normalized spacial score (nSPS) is 11.8. The van der Waals surface area contributed by atoms with Crippen molar-refractivity contribution in [2.75, 3.05) is 92.4 Å². The van der Waals surface area contributed by atoms with Crippen molar-refractivity contribution in [2.24, 2.45) is 0 Å². The second kappa shape index (κ2) is 45.4. The zero-order chi connectivity index (χ0) is 43.9. The molecule has 2 N–H and O–H groups in total. The minimum Gasteiger partial charge on any atom is -0.466 e. The molecule has 14 nitrogen and oxygen atoms in total. The van der Waals surface area contributed by atoms with E-state index in [1.165, 1.54) is 57.7 Å². The molecule has 0 saturated heterocycles. The Balaban J connectivity index is 2.14. The molecule has 0 fully saturated rings. The highest BCUT2D eigenvalue weighted by molar-refractivity contribution is 5.91. The van der Waals surface area contributed by atoms with E-state index in [9.17, 15) is 14.4 Å². The van der Waals surface area contributed by atoms with Crippen LogP contribution in [0, 0.1) is 0 Å². The fourth-order valence-corrected chi connectivity index (χ4v) is 6.38. The quantitative estimate of drug-likeness (QED) is 0.0472. The SMILES string of the molecule is CCCCCCCCCOC(=O)CCCCCCCOC(COCCCCCCCC(=O)OCCCCCCC)COCCOCCOCCOCCNC(=O)c1c[nH]cn1. The maximum atomic E-state index is 12.1. The van der Waals surface area contributed by atoms with Gasteiger partial charge in [-0.05, 0) is 38.5 Å². The molecular weight excluding hydrogens is 783 g/mol. The molecule has 356 valence electrons. The average molecular weight is 870 g/mol. The third-order valence-electron chi connectivity index (χ3n) is 10.1. The first-order valence-corrected chi connectivity index (χ1v) is 24.1. The van der Waals surface area contributed by atoms with E-state index in [-0.39, 0.29) is 23.9 Å². The summed E-state index contributed by atoms with van der Waals surface area (Å²) >= 11 is 0. The Bertz CT molecular complexity index is 1100. The second-order valence-electron chi connectivity index (χ2n) is 15.7. The highest BCUT2D eigenvalue weighted by atomic mass is 16.6. The monoisotopic (exact) mass is 870 g/mol. The highest BCUT2D eigenvalue weighted by Crippen LogP contribution is 2.11. The Morgan fingerprint density at radius 3 is 1.44 bits per heavy atom. The van der Waals surface area contributed by atoms with Crippen LogP contribution in [0.5, 0.6) is 0 Å². The number of aromatic nitrogens is 2. The summed E-state index contributed by atoms with van der Waals surface area (Å²) in [5.41, 5.74) is 0.348. The van der Waals surface area contributed by atoms with Gasteiger partial charge in [-0.2, -0.15) is 0 Å². The fraction of sp³-hybridized carbons (Fsp3) is 0.872. The fourth-order valence-electron chi connectivity index (χ4n) is 6.38. The molecule has 0 aliphatic heterocycles. The van der Waals surface area contributed by atoms with Crippen molar-refractivity contribution < 1.29 is 52.3 Å². The number of imidazole rings is 1. The van der Waals surface area contributed by atoms with Gasteiger partial charge in [0, 0.05) is 38.8 Å². The maximum Gasteiger partial charge on any atom is 0.305 e. The number of esters is 2. The number of hydrogen-bond acceptors (Lipinski definition) is 12. The third-order valence-corrected chi connectivity index (χ3v) is 10.1. The van der Waals surface area contributed by atoms with Crippen LogP contribution in [0.25, 0.3) is 0 Å². The van der Waals surface area contributed by atoms with Crippen molar-refractivity contribution in [3.63, 3.8) is 0 Å². The molecule has 1 rings (SSSR count). The van der Waals surface area contributed by atoms with Gasteiger partial charge >= 0.3 is 11.9 Å². The minimum absolute atomic E-state index is 0.0686. The van der Waals surface area contributed by atoms with Gasteiger partial charge in [0.25, 0.3) is 5.91 Å². The molecule has 0 aliphatic carbocycles. The Kier molecular flexibility index (Phi) is 42.0. The van der Waals surface area contributed by atoms with Gasteiger partial charge in [-0.25, -0.2) is 4.98 Å². The molecule has 1 amide bonds. The number of aromatic amines is 1. The van der Waals surface area contributed by atoms with Gasteiger partial charge in [-0.3, -0.25) is 14.4 Å². The zero-order valence-electron chi connectivity index (χ0n) is 38.5. The number of ether oxygens (including phenoxy) is 8. The smallest absolute Gasteiger partial charge is 0.305 e. The van der Waals surface area contributed by atoms with Crippen LogP contribution in [-0.4, -0.2) is 126 Å². The molecule has 0 bridgehead atoms. The lowest BCUT2D eigenvalue weighted by atomic mass is 10.1. The second-order valence-corrected chi connectivity index (χ2v) is 15.7. The number of carbonyl (C=O) groups excluding carboxylic acids is 3. The lowest BCUT2D eigenvalue weighted by Crippen LogP contribution is -2.28. The zero-order valence-corrected chi connectivity index (χ0v) is 38.5. The van der Waals surface area contributed by atoms with E-state index < -0.39 is 0 Å². The van der Waals surface area contributed by atoms with Crippen LogP contribution >= 0.6 is 0 Å². The summed E-state index contributed by atoms with van der Waals surface area (Å²) in [6, 6.07) is 0. The molecule has 1 unspecified atom stereocenters. The molecule has 61 heavy (non-hydrogen) atoms. The summed E-state index contributed by atoms with van der Waals surface area (Å²) < 4.78 is 45.5. The number of rotatable bonds is 48. The van der Waals surface area contributed by atoms with Gasteiger partial charge < -0.3 is 48.2 Å². The highest BCUT2D eigenvalue weighted by Gasteiger charge is 2.11. The van der Waals surface area contributed by atoms with Crippen LogP contribution in [0.2, 0.25) is 0 Å². The van der Waals surface area contributed by atoms with E-state index in [0.29, 0.717) is 111 Å². The van der Waals surface area contributed by atoms with Crippen LogP contribution < -0.4 is 5.32 Å². The van der Waals surface area contributed by atoms with Crippen LogP contribution in [-0.2, 0) is 47.5 Å². The lowest BCUT2D eigenvalue weighted by molar-refractivity contribution is -0.144. The lowest BCUT2D eigenvalue weighted by Gasteiger charge is -2.18. The topological polar surface area (TPSA) is 166 Å². The average Bonchev–Trinajstić information content (AvgIpc) is 3.81. The summed E-state index contributed by atoms with van der Waals surface area (Å²) in [6.07, 6.45) is 28.1. The van der Waals surface area contributed by atoms with Gasteiger partial charge in [-0.1, -0.05) is 117 Å². The van der Waals surface area contributed by atoms with Gasteiger partial charge in [0.05, 0.1) is 79.0 Å². The molecule has 0 spiro atoms. The number of nitrogens with zero attached hydrogens (tertiary/aromatic N) is 1. The van der Waals surface area contributed by atoms with Crippen LogP contribution in [0.3, 0.4) is 0 Å². The summed E-state index contributed by atoms with van der Waals surface area (Å²) in [7, 11) is 0. The Morgan fingerprint density at radius 1 is 0.508 bits per heavy atom. The van der Waals surface area contributed by atoms with E-state index in [0.717, 1.165) is 89.9 Å². The predicted molar refractivity (Wildman–Crippen MR) is 239 cm³/mol. The van der Waals surface area contributed by atoms with E-state index >= 15 is 0 Å². The van der Waals surface area contributed by atoms with Crippen molar-refractivity contribution in [1.82, 2.24) is 15.3 Å². The van der Waals surface area contributed by atoms with E-state index in [4.69, 9.17) is 37.9 Å². The van der Waals surface area contributed by atoms with Crippen molar-refractivity contribution in [1.29, 1.82) is 0 Å². The molecular formula is C47H87N3O11. The Hall–Kier alpha value is -2.62. The van der Waals surface area contributed by atoms with Crippen molar-refractivity contribution >= 4 is 17.8 Å². The molecule has 1 heterocycles. The van der Waals surface area contributed by atoms with E-state index in [1.54, 1.807) is 6.20 Å². The number of carbonyl (C=O) groups is 3. The first-order chi connectivity index (χ1) is 30.1. The standard InChI is InChI=1S/C47H87N3O11/c1-3-5-7-9-10-17-24-31-61-46(52)26-20-14-12-18-22-29-59-43(40-57-28-21-16-11-13-19-25-45(51)60-30-23-15-8-6-4-2)41-58-38-37-56-36-35-55-34-33-54-32-27-49-47(53)44-39-48-42-50-44/h39,42-43H,3-38,40-41H2,1-2H3,(H,48,50)(H,49,53). The van der Waals surface area contributed by atoms with Crippen LogP contribution in [0.15, 0.2) is 12.5 Å². The summed E-state index contributed by atoms with van der Waals surface area (Å²) in [4.78, 5) is 42.5. The van der Waals surface area contributed by atoms with E-state index in [2.05, 4.69) is 29.1 Å². The van der Waals surface area contributed by atoms with Crippen LogP contribution in [0.1, 0.15) is 178 Å². The first kappa shape index (κ1) is 56.4. The third kappa shape index (κ3) is 39.9. The molecule has 1 atom stereocenters. The molecule has 1 aromatic heterocycles. The van der Waals surface area contributed by atoms with Crippen molar-refractivity contribution in [3.8, 4) is 0 Å². The minimum atomic E-state index is -0.239. The number of unbranched alkanes of at least 4 members (excludes halogenated alkanes) is 18. The van der Waals surface area contributed by atoms with E-state index in [1.807, 2.05) is 0 Å². The largest absolute Gasteiger partial charge is 0.466 e. The number of hydrogen-bond donors (Lipinski definition) is 2. The Morgan fingerprint density at radius 2 is 0.934 bits per heavy atom. The predicted octanol–water partition coefficient (Wildman–Crippen LogP) is 9.10. The molecule has 0 aromatic carbocycles. The summed E-state index contributed by atoms with van der Waals surface area (Å²) in [6.45, 7) is 11.2. The van der Waals surface area contributed by atoms with Crippen molar-refractivity contribution in [3.05, 3.63) is 18.2 Å². The van der Waals surface area contributed by atoms with Gasteiger partial charge in [0.1, 0.15) is 11.8 Å². The Labute approximate surface area is 369 Å². The molecule has 0 saturated carbocycles. The maximum absolute atomic E-state index is 12.1. The van der Waals surface area contributed by atoms with Gasteiger partial charge in [-0.15, -0.1) is 0 Å². The molecule has 14 heteroatoms. The molecule has 0 radical (unpaired) electrons. The first-order valence-electron chi connectivity index (χ1n) is 24.1. The summed E-state index contributed by atoms with van der Waals surface area (Å²) in [5.74, 6) is -0.377. The van der Waals surface area contributed by atoms with Crippen LogP contribution in [0.4, 0.5) is 0 Å². The molecule has 0 aliphatic rings. The van der Waals surface area contributed by atoms with Gasteiger partial charge in [0.15, 0.2) is 0 Å². The number of H-pyrrole nitrogens is 1. The molecule has 1 aromatic rings. The van der Waals surface area contributed by atoms with Crippen molar-refractivity contribution in [2.45, 2.75) is 174 Å². The number of nitrogens with one attached hydrogen (secondary N) is 2. The number of amides is 1. The van der Waals surface area contributed by atoms with Gasteiger partial charge in [0.2, 0.25) is 0 Å². The summed E-state index contributed by atoms with van der Waals surface area (Å²) in [5, 5.41) is 2.74.